The van der Waals surface area contributed by atoms with Gasteiger partial charge in [-0.25, -0.2) is 4.79 Å². The second-order valence-electron chi connectivity index (χ2n) is 7.56. The lowest BCUT2D eigenvalue weighted by molar-refractivity contribution is -0.130. The second-order valence-corrected chi connectivity index (χ2v) is 8.62. The highest BCUT2D eigenvalue weighted by molar-refractivity contribution is 7.99. The van der Waals surface area contributed by atoms with E-state index in [2.05, 4.69) is 15.5 Å². The number of aromatic nitrogens is 3. The zero-order chi connectivity index (χ0) is 21.1. The van der Waals surface area contributed by atoms with Gasteiger partial charge in [0.15, 0.2) is 11.0 Å². The lowest BCUT2D eigenvalue weighted by Crippen LogP contribution is -2.40. The Hall–Kier alpha value is -3.13. The summed E-state index contributed by atoms with van der Waals surface area (Å²) in [4.78, 5) is 25.6. The predicted molar refractivity (Wildman–Crippen MR) is 116 cm³/mol. The van der Waals surface area contributed by atoms with Crippen LogP contribution < -0.4 is 5.32 Å². The van der Waals surface area contributed by atoms with E-state index in [1.54, 1.807) is 25.6 Å². The number of hydrogen-bond donors (Lipinski definition) is 1. The van der Waals surface area contributed by atoms with Crippen molar-refractivity contribution in [3.05, 3.63) is 60.7 Å². The van der Waals surface area contributed by atoms with Crippen LogP contribution in [0.4, 0.5) is 4.79 Å². The Kier molecular flexibility index (Phi) is 5.59. The second kappa shape index (κ2) is 8.31. The van der Waals surface area contributed by atoms with Gasteiger partial charge in [-0.2, -0.15) is 0 Å². The summed E-state index contributed by atoms with van der Waals surface area (Å²) in [6.45, 7) is 3.82. The van der Waals surface area contributed by atoms with Gasteiger partial charge in [0.2, 0.25) is 0 Å². The van der Waals surface area contributed by atoms with Gasteiger partial charge in [0.05, 0.1) is 0 Å². The summed E-state index contributed by atoms with van der Waals surface area (Å²) in [5, 5.41) is 12.3. The van der Waals surface area contributed by atoms with Crippen LogP contribution in [0.1, 0.15) is 20.3 Å². The molecule has 3 aromatic rings. The molecule has 0 saturated carbocycles. The van der Waals surface area contributed by atoms with Crippen LogP contribution in [0.3, 0.4) is 0 Å². The third-order valence-corrected chi connectivity index (χ3v) is 5.90. The summed E-state index contributed by atoms with van der Waals surface area (Å²) in [6.07, 6.45) is 0.669. The molecule has 3 amide bonds. The molecular weight excluding hydrogens is 398 g/mol. The van der Waals surface area contributed by atoms with Crippen LogP contribution in [0.25, 0.3) is 17.1 Å². The lowest BCUT2D eigenvalue weighted by Gasteiger charge is -2.15. The maximum Gasteiger partial charge on any atom is 0.325 e. The number of carbonyl (C=O) groups excluding carboxylic acids is 2. The first-order valence-electron chi connectivity index (χ1n) is 9.80. The standard InChI is InChI=1S/C22H23N5O2S/c1-22(2)19(28)26(20(29)23-22)14-9-15-30-21-25-24-18(16-10-5-3-6-11-16)27(21)17-12-7-4-8-13-17/h3-8,10-13H,9,14-15H2,1-2H3,(H,23,29). The fourth-order valence-electron chi connectivity index (χ4n) is 3.35. The van der Waals surface area contributed by atoms with Crippen LogP contribution in [0.5, 0.6) is 0 Å². The summed E-state index contributed by atoms with van der Waals surface area (Å²) in [5.41, 5.74) is 1.14. The van der Waals surface area contributed by atoms with Crippen LogP contribution in [0, 0.1) is 0 Å². The van der Waals surface area contributed by atoms with Crippen LogP contribution in [-0.4, -0.2) is 49.4 Å². The highest BCUT2D eigenvalue weighted by atomic mass is 32.2. The van der Waals surface area contributed by atoms with Crippen molar-refractivity contribution in [3.63, 3.8) is 0 Å². The number of benzene rings is 2. The van der Waals surface area contributed by atoms with Crippen LogP contribution in [-0.2, 0) is 4.79 Å². The molecule has 1 N–H and O–H groups in total. The fourth-order valence-corrected chi connectivity index (χ4v) is 4.23. The number of hydrogen-bond acceptors (Lipinski definition) is 5. The molecular formula is C22H23N5O2S. The van der Waals surface area contributed by atoms with Crippen LogP contribution in [0.2, 0.25) is 0 Å². The smallest absolute Gasteiger partial charge is 0.324 e. The average Bonchev–Trinajstić information content (AvgIpc) is 3.25. The Morgan fingerprint density at radius 3 is 2.27 bits per heavy atom. The molecule has 2 aromatic carbocycles. The summed E-state index contributed by atoms with van der Waals surface area (Å²) >= 11 is 1.56. The van der Waals surface area contributed by atoms with Crippen molar-refractivity contribution in [2.75, 3.05) is 12.3 Å². The maximum absolute atomic E-state index is 12.3. The fraction of sp³-hybridized carbons (Fsp3) is 0.273. The molecule has 0 radical (unpaired) electrons. The molecule has 0 aliphatic carbocycles. The number of carbonyl (C=O) groups is 2. The average molecular weight is 422 g/mol. The van der Waals surface area contributed by atoms with Gasteiger partial charge in [0, 0.05) is 23.5 Å². The molecule has 154 valence electrons. The molecule has 0 spiro atoms. The highest BCUT2D eigenvalue weighted by Crippen LogP contribution is 2.28. The van der Waals surface area contributed by atoms with Gasteiger partial charge in [0.25, 0.3) is 5.91 Å². The molecule has 0 atom stereocenters. The van der Waals surface area contributed by atoms with Gasteiger partial charge < -0.3 is 5.32 Å². The van der Waals surface area contributed by atoms with E-state index < -0.39 is 5.54 Å². The first-order chi connectivity index (χ1) is 14.5. The van der Waals surface area contributed by atoms with Gasteiger partial charge in [-0.1, -0.05) is 60.3 Å². The quantitative estimate of drug-likeness (QED) is 0.357. The molecule has 7 nitrogen and oxygen atoms in total. The third kappa shape index (κ3) is 3.95. The summed E-state index contributed by atoms with van der Waals surface area (Å²) in [7, 11) is 0. The van der Waals surface area contributed by atoms with Crippen molar-refractivity contribution in [2.24, 2.45) is 0 Å². The lowest BCUT2D eigenvalue weighted by atomic mass is 10.1. The normalized spacial score (nSPS) is 15.5. The van der Waals surface area contributed by atoms with E-state index in [-0.39, 0.29) is 11.9 Å². The Morgan fingerprint density at radius 1 is 0.967 bits per heavy atom. The Balaban J connectivity index is 1.49. The summed E-state index contributed by atoms with van der Waals surface area (Å²) < 4.78 is 2.04. The molecule has 1 fully saturated rings. The van der Waals surface area contributed by atoms with E-state index in [0.29, 0.717) is 18.7 Å². The van der Waals surface area contributed by atoms with E-state index >= 15 is 0 Å². The third-order valence-electron chi connectivity index (χ3n) is 4.88. The van der Waals surface area contributed by atoms with Crippen molar-refractivity contribution >= 4 is 23.7 Å². The number of thioether (sulfide) groups is 1. The monoisotopic (exact) mass is 421 g/mol. The number of amides is 3. The number of urea groups is 1. The zero-order valence-electron chi connectivity index (χ0n) is 16.9. The minimum Gasteiger partial charge on any atom is -0.324 e. The van der Waals surface area contributed by atoms with E-state index in [0.717, 1.165) is 22.2 Å². The van der Waals surface area contributed by atoms with Crippen molar-refractivity contribution in [1.82, 2.24) is 25.0 Å². The van der Waals surface area contributed by atoms with Gasteiger partial charge in [0.1, 0.15) is 5.54 Å². The largest absolute Gasteiger partial charge is 0.325 e. The number of rotatable bonds is 7. The Bertz CT molecular complexity index is 1050. The van der Waals surface area contributed by atoms with Gasteiger partial charge in [-0.15, -0.1) is 10.2 Å². The van der Waals surface area contributed by atoms with Crippen molar-refractivity contribution in [2.45, 2.75) is 31.0 Å². The van der Waals surface area contributed by atoms with Crippen molar-refractivity contribution in [1.29, 1.82) is 0 Å². The zero-order valence-corrected chi connectivity index (χ0v) is 17.7. The predicted octanol–water partition coefficient (Wildman–Crippen LogP) is 3.75. The molecule has 8 heteroatoms. The minimum absolute atomic E-state index is 0.184. The SMILES string of the molecule is CC1(C)NC(=O)N(CCCSc2nnc(-c3ccccc3)n2-c2ccccc2)C1=O. The molecule has 4 rings (SSSR count). The van der Waals surface area contributed by atoms with E-state index in [1.165, 1.54) is 4.90 Å². The molecule has 1 saturated heterocycles. The van der Waals surface area contributed by atoms with Crippen molar-refractivity contribution < 1.29 is 9.59 Å². The maximum atomic E-state index is 12.3. The number of imide groups is 1. The summed E-state index contributed by atoms with van der Waals surface area (Å²) in [6, 6.07) is 19.6. The first-order valence-corrected chi connectivity index (χ1v) is 10.8. The molecule has 1 aliphatic rings. The summed E-state index contributed by atoms with van der Waals surface area (Å²) in [5.74, 6) is 1.30. The topological polar surface area (TPSA) is 80.1 Å². The highest BCUT2D eigenvalue weighted by Gasteiger charge is 2.43. The Morgan fingerprint density at radius 2 is 1.63 bits per heavy atom. The molecule has 2 heterocycles. The molecule has 1 aliphatic heterocycles. The van der Waals surface area contributed by atoms with Crippen molar-refractivity contribution in [3.8, 4) is 17.1 Å². The molecule has 30 heavy (non-hydrogen) atoms. The molecule has 0 unspecified atom stereocenters. The molecule has 0 bridgehead atoms. The molecule has 1 aromatic heterocycles. The number of nitrogens with zero attached hydrogens (tertiary/aromatic N) is 4. The minimum atomic E-state index is -0.831. The first kappa shape index (κ1) is 20.2. The van der Waals surface area contributed by atoms with Crippen LogP contribution in [0.15, 0.2) is 65.8 Å². The van der Waals surface area contributed by atoms with Gasteiger partial charge in [-0.05, 0) is 32.4 Å². The van der Waals surface area contributed by atoms with Crippen LogP contribution >= 0.6 is 11.8 Å². The van der Waals surface area contributed by atoms with Gasteiger partial charge in [-0.3, -0.25) is 14.3 Å². The van der Waals surface area contributed by atoms with E-state index in [4.69, 9.17) is 0 Å². The number of nitrogens with one attached hydrogen (secondary N) is 1. The van der Waals surface area contributed by atoms with E-state index in [9.17, 15) is 9.59 Å². The van der Waals surface area contributed by atoms with Gasteiger partial charge >= 0.3 is 6.03 Å². The van der Waals surface area contributed by atoms with E-state index in [1.807, 2.05) is 65.2 Å². The Labute approximate surface area is 179 Å². The number of para-hydroxylation sites is 1.